The van der Waals surface area contributed by atoms with Crippen molar-refractivity contribution >= 4 is 0 Å². The largest absolute Gasteiger partial charge is 0.330 e. The third-order valence-corrected chi connectivity index (χ3v) is 3.86. The third kappa shape index (κ3) is 2.29. The van der Waals surface area contributed by atoms with Gasteiger partial charge in [-0.1, -0.05) is 26.2 Å². The minimum atomic E-state index is 0.430. The van der Waals surface area contributed by atoms with E-state index in [0.29, 0.717) is 12.6 Å². The van der Waals surface area contributed by atoms with Gasteiger partial charge in [0.1, 0.15) is 0 Å². The van der Waals surface area contributed by atoms with Crippen LogP contribution < -0.4 is 5.73 Å². The van der Waals surface area contributed by atoms with Crippen LogP contribution in [0.25, 0.3) is 0 Å². The molecule has 1 aliphatic rings. The lowest BCUT2D eigenvalue weighted by molar-refractivity contribution is 0.400. The summed E-state index contributed by atoms with van der Waals surface area (Å²) >= 11 is 0. The normalized spacial score (nSPS) is 19.9. The van der Waals surface area contributed by atoms with Crippen molar-refractivity contribution in [2.75, 3.05) is 6.54 Å². The van der Waals surface area contributed by atoms with E-state index in [2.05, 4.69) is 16.5 Å². The molecule has 0 amide bonds. The molecule has 3 heteroatoms. The number of rotatable bonds is 4. The molecule has 2 N–H and O–H groups in total. The summed E-state index contributed by atoms with van der Waals surface area (Å²) in [7, 11) is 0. The zero-order valence-electron chi connectivity index (χ0n) is 10.2. The number of nitrogens with two attached hydrogens (primary N) is 1. The van der Waals surface area contributed by atoms with Gasteiger partial charge in [0, 0.05) is 30.4 Å². The van der Waals surface area contributed by atoms with Gasteiger partial charge in [-0.15, -0.1) is 0 Å². The molecule has 0 bridgehead atoms. The Morgan fingerprint density at radius 1 is 1.44 bits per heavy atom. The highest BCUT2D eigenvalue weighted by Crippen LogP contribution is 2.33. The van der Waals surface area contributed by atoms with Gasteiger partial charge in [-0.25, -0.2) is 4.98 Å². The second-order valence-electron chi connectivity index (χ2n) is 4.86. The summed E-state index contributed by atoms with van der Waals surface area (Å²) < 4.78 is 2.32. The van der Waals surface area contributed by atoms with Crippen LogP contribution in [0.4, 0.5) is 0 Å². The molecule has 1 aromatic heterocycles. The molecule has 0 aromatic carbocycles. The Morgan fingerprint density at radius 3 is 2.81 bits per heavy atom. The second kappa shape index (κ2) is 5.48. The molecule has 1 aliphatic carbocycles. The van der Waals surface area contributed by atoms with Crippen molar-refractivity contribution < 1.29 is 0 Å². The Labute approximate surface area is 98.1 Å². The first-order valence-electron chi connectivity index (χ1n) is 6.58. The van der Waals surface area contributed by atoms with Crippen molar-refractivity contribution in [2.24, 2.45) is 5.73 Å². The smallest absolute Gasteiger partial charge is 0.0951 e. The van der Waals surface area contributed by atoms with Gasteiger partial charge in [0.25, 0.3) is 0 Å². The Hall–Kier alpha value is -0.830. The third-order valence-electron chi connectivity index (χ3n) is 3.86. The van der Waals surface area contributed by atoms with Crippen molar-refractivity contribution in [3.63, 3.8) is 0 Å². The molecular formula is C13H23N3. The first-order chi connectivity index (χ1) is 7.86. The second-order valence-corrected chi connectivity index (χ2v) is 4.86. The summed E-state index contributed by atoms with van der Waals surface area (Å²) in [5, 5.41) is 0. The van der Waals surface area contributed by atoms with Gasteiger partial charge in [-0.3, -0.25) is 0 Å². The molecule has 1 unspecified atom stereocenters. The fourth-order valence-electron chi connectivity index (χ4n) is 2.81. The zero-order chi connectivity index (χ0) is 11.4. The molecule has 0 saturated heterocycles. The van der Waals surface area contributed by atoms with Crippen LogP contribution >= 0.6 is 0 Å². The molecule has 3 nitrogen and oxygen atoms in total. The van der Waals surface area contributed by atoms with Crippen molar-refractivity contribution in [1.82, 2.24) is 9.55 Å². The fraction of sp³-hybridized carbons (Fsp3) is 0.769. The van der Waals surface area contributed by atoms with E-state index in [4.69, 9.17) is 5.73 Å². The lowest BCUT2D eigenvalue weighted by Crippen LogP contribution is -2.21. The molecule has 1 heterocycles. The number of imidazole rings is 1. The highest BCUT2D eigenvalue weighted by atomic mass is 15.1. The van der Waals surface area contributed by atoms with E-state index in [0.717, 1.165) is 12.3 Å². The topological polar surface area (TPSA) is 43.8 Å². The predicted octanol–water partition coefficient (Wildman–Crippen LogP) is 2.84. The first kappa shape index (κ1) is 11.6. The van der Waals surface area contributed by atoms with E-state index < -0.39 is 0 Å². The van der Waals surface area contributed by atoms with Crippen LogP contribution in [-0.2, 0) is 0 Å². The molecule has 0 spiro atoms. The van der Waals surface area contributed by atoms with E-state index in [9.17, 15) is 0 Å². The Bertz CT molecular complexity index is 309. The number of hydrogen-bond acceptors (Lipinski definition) is 2. The molecule has 90 valence electrons. The molecule has 1 saturated carbocycles. The summed E-state index contributed by atoms with van der Waals surface area (Å²) in [6, 6.07) is 0.430. The highest BCUT2D eigenvalue weighted by Gasteiger charge is 2.21. The highest BCUT2D eigenvalue weighted by molar-refractivity contribution is 5.08. The van der Waals surface area contributed by atoms with Crippen LogP contribution in [0.3, 0.4) is 0 Å². The Kier molecular flexibility index (Phi) is 3.99. The van der Waals surface area contributed by atoms with Gasteiger partial charge in [0.05, 0.1) is 6.33 Å². The van der Waals surface area contributed by atoms with Crippen LogP contribution in [0.1, 0.15) is 63.1 Å². The van der Waals surface area contributed by atoms with Crippen molar-refractivity contribution in [3.05, 3.63) is 18.2 Å². The van der Waals surface area contributed by atoms with Gasteiger partial charge in [-0.05, 0) is 19.3 Å². The lowest BCUT2D eigenvalue weighted by atomic mass is 9.87. The van der Waals surface area contributed by atoms with Crippen LogP contribution in [0, 0.1) is 0 Å². The van der Waals surface area contributed by atoms with E-state index in [1.54, 1.807) is 0 Å². The predicted molar refractivity (Wildman–Crippen MR) is 66.4 cm³/mol. The monoisotopic (exact) mass is 221 g/mol. The average molecular weight is 221 g/mol. The maximum absolute atomic E-state index is 5.82. The minimum absolute atomic E-state index is 0.430. The van der Waals surface area contributed by atoms with E-state index in [1.165, 1.54) is 37.8 Å². The molecule has 16 heavy (non-hydrogen) atoms. The number of aromatic nitrogens is 2. The summed E-state index contributed by atoms with van der Waals surface area (Å²) in [6.07, 6.45) is 11.9. The average Bonchev–Trinajstić information content (AvgIpc) is 2.81. The first-order valence-corrected chi connectivity index (χ1v) is 6.58. The minimum Gasteiger partial charge on any atom is -0.330 e. The van der Waals surface area contributed by atoms with Crippen LogP contribution in [0.2, 0.25) is 0 Å². The number of nitrogens with zero attached hydrogens (tertiary/aromatic N) is 2. The quantitative estimate of drug-likeness (QED) is 0.849. The van der Waals surface area contributed by atoms with Gasteiger partial charge < -0.3 is 10.3 Å². The fourth-order valence-corrected chi connectivity index (χ4v) is 2.81. The van der Waals surface area contributed by atoms with Gasteiger partial charge in [0.2, 0.25) is 0 Å². The van der Waals surface area contributed by atoms with E-state index >= 15 is 0 Å². The molecule has 1 fully saturated rings. The molecule has 2 rings (SSSR count). The van der Waals surface area contributed by atoms with Gasteiger partial charge >= 0.3 is 0 Å². The summed E-state index contributed by atoms with van der Waals surface area (Å²) in [5.74, 6) is 0.719. The van der Waals surface area contributed by atoms with Crippen LogP contribution in [0.15, 0.2) is 12.5 Å². The number of hydrogen-bond donors (Lipinski definition) is 1. The molecular weight excluding hydrogens is 198 g/mol. The molecule has 0 aliphatic heterocycles. The van der Waals surface area contributed by atoms with Crippen LogP contribution in [0.5, 0.6) is 0 Å². The summed E-state index contributed by atoms with van der Waals surface area (Å²) in [5.41, 5.74) is 7.24. The standard InChI is InChI=1S/C13H23N3/c1-2-12(8-14)16-10-15-9-13(16)11-6-4-3-5-7-11/h9-12H,2-8,14H2,1H3. The maximum Gasteiger partial charge on any atom is 0.0951 e. The van der Waals surface area contributed by atoms with Crippen molar-refractivity contribution in [3.8, 4) is 0 Å². The Balaban J connectivity index is 2.16. The van der Waals surface area contributed by atoms with Gasteiger partial charge in [0.15, 0.2) is 0 Å². The van der Waals surface area contributed by atoms with E-state index in [1.807, 2.05) is 12.5 Å². The summed E-state index contributed by atoms with van der Waals surface area (Å²) in [4.78, 5) is 4.32. The molecule has 1 atom stereocenters. The summed E-state index contributed by atoms with van der Waals surface area (Å²) in [6.45, 7) is 2.91. The van der Waals surface area contributed by atoms with Crippen molar-refractivity contribution in [1.29, 1.82) is 0 Å². The SMILES string of the molecule is CCC(CN)n1cncc1C1CCCCC1. The molecule has 1 aromatic rings. The molecule has 0 radical (unpaired) electrons. The van der Waals surface area contributed by atoms with Crippen molar-refractivity contribution in [2.45, 2.75) is 57.4 Å². The zero-order valence-corrected chi connectivity index (χ0v) is 10.2. The maximum atomic E-state index is 5.82. The lowest BCUT2D eigenvalue weighted by Gasteiger charge is -2.25. The van der Waals surface area contributed by atoms with Gasteiger partial charge in [-0.2, -0.15) is 0 Å². The Morgan fingerprint density at radius 2 is 2.19 bits per heavy atom. The van der Waals surface area contributed by atoms with Crippen LogP contribution in [-0.4, -0.2) is 16.1 Å². The van der Waals surface area contributed by atoms with E-state index in [-0.39, 0.29) is 0 Å².